The third-order valence-corrected chi connectivity index (χ3v) is 3.32. The molecule has 0 saturated heterocycles. The highest BCUT2D eigenvalue weighted by Crippen LogP contribution is 2.15. The quantitative estimate of drug-likeness (QED) is 0.823. The van der Waals surface area contributed by atoms with Crippen molar-refractivity contribution in [3.63, 3.8) is 0 Å². The lowest BCUT2D eigenvalue weighted by Gasteiger charge is -2.11. The molecule has 0 saturated carbocycles. The SMILES string of the molecule is Cc1ccc(CCC(=O)NCCC(O)c2ccccc2)o1. The number of aliphatic hydroxyl groups excluding tert-OH is 1. The van der Waals surface area contributed by atoms with Gasteiger partial charge in [-0.2, -0.15) is 0 Å². The summed E-state index contributed by atoms with van der Waals surface area (Å²) in [6, 6.07) is 13.2. The summed E-state index contributed by atoms with van der Waals surface area (Å²) >= 11 is 0. The maximum Gasteiger partial charge on any atom is 0.220 e. The average Bonchev–Trinajstić information content (AvgIpc) is 2.91. The Kier molecular flexibility index (Phi) is 5.58. The van der Waals surface area contributed by atoms with Gasteiger partial charge in [0.1, 0.15) is 11.5 Å². The van der Waals surface area contributed by atoms with E-state index in [0.717, 1.165) is 17.1 Å². The second-order valence-corrected chi connectivity index (χ2v) is 5.08. The van der Waals surface area contributed by atoms with E-state index in [9.17, 15) is 9.90 Å². The molecular weight excluding hydrogens is 266 g/mol. The minimum Gasteiger partial charge on any atom is -0.466 e. The van der Waals surface area contributed by atoms with Crippen LogP contribution in [0.1, 0.15) is 36.0 Å². The predicted octanol–water partition coefficient (Wildman–Crippen LogP) is 2.76. The fourth-order valence-corrected chi connectivity index (χ4v) is 2.13. The first-order valence-corrected chi connectivity index (χ1v) is 7.20. The van der Waals surface area contributed by atoms with E-state index in [1.54, 1.807) is 0 Å². The fraction of sp³-hybridized carbons (Fsp3) is 0.353. The zero-order valence-electron chi connectivity index (χ0n) is 12.2. The predicted molar refractivity (Wildman–Crippen MR) is 80.8 cm³/mol. The normalized spacial score (nSPS) is 12.1. The summed E-state index contributed by atoms with van der Waals surface area (Å²) in [5.74, 6) is 1.66. The van der Waals surface area contributed by atoms with E-state index in [4.69, 9.17) is 4.42 Å². The third kappa shape index (κ3) is 5.08. The number of rotatable bonds is 7. The molecule has 1 amide bonds. The topological polar surface area (TPSA) is 62.5 Å². The molecule has 2 rings (SSSR count). The summed E-state index contributed by atoms with van der Waals surface area (Å²) in [5, 5.41) is 12.8. The van der Waals surface area contributed by atoms with E-state index in [2.05, 4.69) is 5.32 Å². The largest absolute Gasteiger partial charge is 0.466 e. The lowest BCUT2D eigenvalue weighted by Crippen LogP contribution is -2.25. The Morgan fingerprint density at radius 2 is 2.00 bits per heavy atom. The maximum absolute atomic E-state index is 11.7. The molecule has 0 fully saturated rings. The van der Waals surface area contributed by atoms with Crippen LogP contribution in [-0.2, 0) is 11.2 Å². The van der Waals surface area contributed by atoms with Crippen molar-refractivity contribution >= 4 is 5.91 Å². The van der Waals surface area contributed by atoms with Crippen molar-refractivity contribution < 1.29 is 14.3 Å². The summed E-state index contributed by atoms with van der Waals surface area (Å²) in [6.45, 7) is 2.35. The molecule has 0 aliphatic rings. The fourth-order valence-electron chi connectivity index (χ4n) is 2.13. The third-order valence-electron chi connectivity index (χ3n) is 3.32. The lowest BCUT2D eigenvalue weighted by atomic mass is 10.1. The van der Waals surface area contributed by atoms with Crippen LogP contribution in [0, 0.1) is 6.92 Å². The molecule has 21 heavy (non-hydrogen) atoms. The summed E-state index contributed by atoms with van der Waals surface area (Å²) in [4.78, 5) is 11.7. The van der Waals surface area contributed by atoms with E-state index in [1.807, 2.05) is 49.4 Å². The van der Waals surface area contributed by atoms with E-state index < -0.39 is 6.10 Å². The molecule has 2 N–H and O–H groups in total. The van der Waals surface area contributed by atoms with Gasteiger partial charge in [-0.25, -0.2) is 0 Å². The number of aryl methyl sites for hydroxylation is 2. The smallest absolute Gasteiger partial charge is 0.220 e. The standard InChI is InChI=1S/C17H21NO3/c1-13-7-8-15(21-13)9-10-17(20)18-12-11-16(19)14-5-3-2-4-6-14/h2-8,16,19H,9-12H2,1H3,(H,18,20). The van der Waals surface area contributed by atoms with Crippen LogP contribution in [0.4, 0.5) is 0 Å². The van der Waals surface area contributed by atoms with Crippen LogP contribution in [-0.4, -0.2) is 17.6 Å². The summed E-state index contributed by atoms with van der Waals surface area (Å²) in [5.41, 5.74) is 0.873. The number of hydrogen-bond acceptors (Lipinski definition) is 3. The molecule has 0 bridgehead atoms. The van der Waals surface area contributed by atoms with Gasteiger partial charge in [0.2, 0.25) is 5.91 Å². The van der Waals surface area contributed by atoms with Crippen LogP contribution in [0.5, 0.6) is 0 Å². The Hall–Kier alpha value is -2.07. The highest BCUT2D eigenvalue weighted by atomic mass is 16.3. The second kappa shape index (κ2) is 7.64. The van der Waals surface area contributed by atoms with Crippen LogP contribution in [0.25, 0.3) is 0 Å². The Labute approximate surface area is 124 Å². The van der Waals surface area contributed by atoms with Crippen LogP contribution < -0.4 is 5.32 Å². The molecule has 1 aromatic carbocycles. The first kappa shape index (κ1) is 15.3. The first-order valence-electron chi connectivity index (χ1n) is 7.20. The molecule has 0 aliphatic carbocycles. The van der Waals surface area contributed by atoms with Crippen molar-refractivity contribution in [3.8, 4) is 0 Å². The lowest BCUT2D eigenvalue weighted by molar-refractivity contribution is -0.121. The number of furan rings is 1. The van der Waals surface area contributed by atoms with Crippen molar-refractivity contribution in [2.75, 3.05) is 6.54 Å². The molecule has 1 atom stereocenters. The van der Waals surface area contributed by atoms with Gasteiger partial charge in [0.05, 0.1) is 6.10 Å². The molecule has 4 nitrogen and oxygen atoms in total. The van der Waals surface area contributed by atoms with Crippen molar-refractivity contribution in [3.05, 3.63) is 59.5 Å². The van der Waals surface area contributed by atoms with Gasteiger partial charge in [-0.1, -0.05) is 30.3 Å². The van der Waals surface area contributed by atoms with E-state index in [1.165, 1.54) is 0 Å². The molecule has 1 aromatic heterocycles. The zero-order chi connectivity index (χ0) is 15.1. The molecule has 1 heterocycles. The number of carbonyl (C=O) groups is 1. The van der Waals surface area contributed by atoms with Gasteiger partial charge in [0, 0.05) is 19.4 Å². The minimum absolute atomic E-state index is 0.0238. The average molecular weight is 287 g/mol. The Balaban J connectivity index is 1.65. The number of nitrogens with one attached hydrogen (secondary N) is 1. The van der Waals surface area contributed by atoms with E-state index >= 15 is 0 Å². The van der Waals surface area contributed by atoms with Crippen LogP contribution in [0.3, 0.4) is 0 Å². The van der Waals surface area contributed by atoms with Crippen LogP contribution >= 0.6 is 0 Å². The van der Waals surface area contributed by atoms with Gasteiger partial charge >= 0.3 is 0 Å². The summed E-state index contributed by atoms with van der Waals surface area (Å²) in [6.07, 6.45) is 0.962. The van der Waals surface area contributed by atoms with Crippen molar-refractivity contribution in [2.45, 2.75) is 32.3 Å². The molecule has 0 radical (unpaired) electrons. The van der Waals surface area contributed by atoms with Gasteiger partial charge in [0.25, 0.3) is 0 Å². The highest BCUT2D eigenvalue weighted by Gasteiger charge is 2.08. The van der Waals surface area contributed by atoms with Gasteiger partial charge in [-0.15, -0.1) is 0 Å². The molecule has 0 aliphatic heterocycles. The number of aliphatic hydroxyl groups is 1. The van der Waals surface area contributed by atoms with Gasteiger partial charge in [-0.05, 0) is 31.0 Å². The molecule has 0 spiro atoms. The number of benzene rings is 1. The van der Waals surface area contributed by atoms with Crippen molar-refractivity contribution in [1.29, 1.82) is 0 Å². The Morgan fingerprint density at radius 1 is 1.24 bits per heavy atom. The number of amides is 1. The molecule has 1 unspecified atom stereocenters. The first-order chi connectivity index (χ1) is 10.1. The Bertz CT molecular complexity index is 562. The minimum atomic E-state index is -0.542. The van der Waals surface area contributed by atoms with E-state index in [-0.39, 0.29) is 5.91 Å². The second-order valence-electron chi connectivity index (χ2n) is 5.08. The Morgan fingerprint density at radius 3 is 2.67 bits per heavy atom. The summed E-state index contributed by atoms with van der Waals surface area (Å²) in [7, 11) is 0. The zero-order valence-corrected chi connectivity index (χ0v) is 12.2. The number of hydrogen-bond donors (Lipinski definition) is 2. The monoisotopic (exact) mass is 287 g/mol. The van der Waals surface area contributed by atoms with E-state index in [0.29, 0.717) is 25.8 Å². The van der Waals surface area contributed by atoms with Gasteiger partial charge in [-0.3, -0.25) is 4.79 Å². The maximum atomic E-state index is 11.7. The molecular formula is C17H21NO3. The number of carbonyl (C=O) groups excluding carboxylic acids is 1. The molecule has 112 valence electrons. The van der Waals surface area contributed by atoms with Crippen LogP contribution in [0.15, 0.2) is 46.9 Å². The van der Waals surface area contributed by atoms with Crippen LogP contribution in [0.2, 0.25) is 0 Å². The van der Waals surface area contributed by atoms with Crippen molar-refractivity contribution in [2.24, 2.45) is 0 Å². The van der Waals surface area contributed by atoms with Gasteiger partial charge < -0.3 is 14.8 Å². The molecule has 2 aromatic rings. The molecule has 4 heteroatoms. The van der Waals surface area contributed by atoms with Gasteiger partial charge in [0.15, 0.2) is 0 Å². The summed E-state index contributed by atoms with van der Waals surface area (Å²) < 4.78 is 5.41. The highest BCUT2D eigenvalue weighted by molar-refractivity contribution is 5.76. The van der Waals surface area contributed by atoms with Crippen molar-refractivity contribution in [1.82, 2.24) is 5.32 Å².